The number of hydrogen-bond donors (Lipinski definition) is 0. The van der Waals surface area contributed by atoms with Crippen LogP contribution in [0.15, 0.2) is 60.7 Å². The Hall–Kier alpha value is -2.42. The van der Waals surface area contributed by atoms with Crippen LogP contribution in [0.4, 0.5) is 0 Å². The van der Waals surface area contributed by atoms with Gasteiger partial charge in [-0.15, -0.1) is 0 Å². The molecule has 0 atom stereocenters. The summed E-state index contributed by atoms with van der Waals surface area (Å²) < 4.78 is 5.13. The lowest BCUT2D eigenvalue weighted by atomic mass is 10.1. The van der Waals surface area contributed by atoms with Gasteiger partial charge in [0.1, 0.15) is 0 Å². The van der Waals surface area contributed by atoms with Crippen molar-refractivity contribution in [3.63, 3.8) is 0 Å². The molecule has 0 fully saturated rings. The summed E-state index contributed by atoms with van der Waals surface area (Å²) in [6.07, 6.45) is 3.38. The Balaban J connectivity index is 1.56. The topological polar surface area (TPSA) is 43.4 Å². The average Bonchev–Trinajstić information content (AvgIpc) is 2.60. The highest BCUT2D eigenvalue weighted by atomic mass is 16.5. The van der Waals surface area contributed by atoms with Crippen molar-refractivity contribution in [3.05, 3.63) is 71.8 Å². The van der Waals surface area contributed by atoms with Gasteiger partial charge in [-0.25, -0.2) is 0 Å². The quantitative estimate of drug-likeness (QED) is 0.396. The van der Waals surface area contributed by atoms with Crippen LogP contribution in [-0.4, -0.2) is 18.4 Å². The first-order chi connectivity index (χ1) is 11.3. The van der Waals surface area contributed by atoms with E-state index in [-0.39, 0.29) is 24.8 Å². The fraction of sp³-hybridized carbons (Fsp3) is 0.300. The number of unbranched alkanes of at least 4 members (excludes halogenated alkanes) is 1. The molecule has 0 N–H and O–H groups in total. The van der Waals surface area contributed by atoms with Crippen molar-refractivity contribution in [2.75, 3.05) is 6.61 Å². The second-order valence-corrected chi connectivity index (χ2v) is 5.45. The van der Waals surface area contributed by atoms with Crippen LogP contribution >= 0.6 is 0 Å². The molecule has 0 aliphatic rings. The second kappa shape index (κ2) is 9.57. The van der Waals surface area contributed by atoms with E-state index in [4.69, 9.17) is 4.74 Å². The highest BCUT2D eigenvalue weighted by molar-refractivity contribution is 5.96. The summed E-state index contributed by atoms with van der Waals surface area (Å²) in [6, 6.07) is 19.3. The number of carbonyl (C=O) groups is 2. The molecule has 2 aromatic rings. The van der Waals surface area contributed by atoms with E-state index < -0.39 is 0 Å². The van der Waals surface area contributed by atoms with Crippen LogP contribution in [0.2, 0.25) is 0 Å². The number of Topliss-reactive ketones (excluding diaryl/α,β-unsaturated/α-hetero) is 1. The highest BCUT2D eigenvalue weighted by Crippen LogP contribution is 2.07. The van der Waals surface area contributed by atoms with Crippen molar-refractivity contribution in [3.8, 4) is 0 Å². The lowest BCUT2D eigenvalue weighted by Crippen LogP contribution is -2.10. The van der Waals surface area contributed by atoms with Crippen LogP contribution in [-0.2, 0) is 16.0 Å². The van der Waals surface area contributed by atoms with Gasteiger partial charge in [-0.05, 0) is 24.8 Å². The molecule has 0 radical (unpaired) electrons. The second-order valence-electron chi connectivity index (χ2n) is 5.45. The van der Waals surface area contributed by atoms with Crippen LogP contribution in [0.5, 0.6) is 0 Å². The van der Waals surface area contributed by atoms with Gasteiger partial charge in [-0.2, -0.15) is 0 Å². The Kier molecular flexibility index (Phi) is 7.05. The minimum atomic E-state index is -0.223. The summed E-state index contributed by atoms with van der Waals surface area (Å²) in [7, 11) is 0. The number of hydrogen-bond acceptors (Lipinski definition) is 3. The van der Waals surface area contributed by atoms with Crippen molar-refractivity contribution < 1.29 is 14.3 Å². The molecule has 23 heavy (non-hydrogen) atoms. The molecule has 3 nitrogen and oxygen atoms in total. The summed E-state index contributed by atoms with van der Waals surface area (Å²) in [4.78, 5) is 23.5. The van der Waals surface area contributed by atoms with Crippen LogP contribution in [0.3, 0.4) is 0 Å². The zero-order valence-electron chi connectivity index (χ0n) is 13.2. The van der Waals surface area contributed by atoms with E-state index in [0.29, 0.717) is 12.0 Å². The molecule has 3 heteroatoms. The van der Waals surface area contributed by atoms with Crippen molar-refractivity contribution in [2.24, 2.45) is 0 Å². The van der Waals surface area contributed by atoms with Crippen molar-refractivity contribution in [1.82, 2.24) is 0 Å². The molecule has 2 rings (SSSR count). The Morgan fingerprint density at radius 3 is 2.13 bits per heavy atom. The third-order valence-corrected chi connectivity index (χ3v) is 3.63. The molecule has 0 aliphatic carbocycles. The Morgan fingerprint density at radius 1 is 0.783 bits per heavy atom. The molecular formula is C20H22O3. The molecule has 0 heterocycles. The van der Waals surface area contributed by atoms with E-state index in [0.717, 1.165) is 19.3 Å². The van der Waals surface area contributed by atoms with Crippen LogP contribution in [0.1, 0.15) is 41.6 Å². The Labute approximate surface area is 137 Å². The first kappa shape index (κ1) is 16.9. The Morgan fingerprint density at radius 2 is 1.43 bits per heavy atom. The standard InChI is InChI=1S/C20H22O3/c21-19(18-12-5-2-6-13-18)15-16-23-20(22)14-8-7-11-17-9-3-1-4-10-17/h1-6,9-10,12-13H,7-8,11,14-16H2. The van der Waals surface area contributed by atoms with Crippen LogP contribution in [0, 0.1) is 0 Å². The lowest BCUT2D eigenvalue weighted by molar-refractivity contribution is -0.143. The molecule has 0 spiro atoms. The minimum Gasteiger partial charge on any atom is -0.465 e. The maximum absolute atomic E-state index is 11.9. The third-order valence-electron chi connectivity index (χ3n) is 3.63. The van der Waals surface area contributed by atoms with Gasteiger partial charge in [0.25, 0.3) is 0 Å². The van der Waals surface area contributed by atoms with Crippen molar-refractivity contribution in [1.29, 1.82) is 0 Å². The molecule has 0 amide bonds. The molecule has 0 saturated heterocycles. The van der Waals surface area contributed by atoms with Gasteiger partial charge in [0.2, 0.25) is 0 Å². The molecule has 120 valence electrons. The number of rotatable bonds is 9. The number of esters is 1. The van der Waals surface area contributed by atoms with Gasteiger partial charge >= 0.3 is 5.97 Å². The molecular weight excluding hydrogens is 288 g/mol. The van der Waals surface area contributed by atoms with Gasteiger partial charge < -0.3 is 4.74 Å². The van der Waals surface area contributed by atoms with E-state index in [9.17, 15) is 9.59 Å². The fourth-order valence-electron chi connectivity index (χ4n) is 2.34. The van der Waals surface area contributed by atoms with Gasteiger partial charge in [-0.1, -0.05) is 60.7 Å². The number of ether oxygens (including phenoxy) is 1. The van der Waals surface area contributed by atoms with Crippen molar-refractivity contribution >= 4 is 11.8 Å². The van der Waals surface area contributed by atoms with Gasteiger partial charge in [0.15, 0.2) is 5.78 Å². The zero-order valence-corrected chi connectivity index (χ0v) is 13.2. The summed E-state index contributed by atoms with van der Waals surface area (Å²) in [5, 5.41) is 0. The third kappa shape index (κ3) is 6.47. The summed E-state index contributed by atoms with van der Waals surface area (Å²) >= 11 is 0. The number of ketones is 1. The predicted octanol–water partition coefficient (Wildman–Crippen LogP) is 4.22. The normalized spacial score (nSPS) is 10.3. The zero-order chi connectivity index (χ0) is 16.3. The van der Waals surface area contributed by atoms with E-state index in [2.05, 4.69) is 12.1 Å². The number of carbonyl (C=O) groups excluding carboxylic acids is 2. The first-order valence-corrected chi connectivity index (χ1v) is 8.03. The van der Waals surface area contributed by atoms with Crippen LogP contribution < -0.4 is 0 Å². The average molecular weight is 310 g/mol. The number of benzene rings is 2. The number of aryl methyl sites for hydroxylation is 1. The minimum absolute atomic E-state index is 0.00229. The largest absolute Gasteiger partial charge is 0.465 e. The van der Waals surface area contributed by atoms with Crippen molar-refractivity contribution in [2.45, 2.75) is 32.1 Å². The van der Waals surface area contributed by atoms with E-state index >= 15 is 0 Å². The lowest BCUT2D eigenvalue weighted by Gasteiger charge is -2.05. The summed E-state index contributed by atoms with van der Waals surface area (Å²) in [5.41, 5.74) is 1.95. The molecule has 0 saturated carbocycles. The summed E-state index contributed by atoms with van der Waals surface area (Å²) in [6.45, 7) is 0.158. The predicted molar refractivity (Wildman–Crippen MR) is 90.3 cm³/mol. The van der Waals surface area contributed by atoms with E-state index in [1.807, 2.05) is 36.4 Å². The fourth-order valence-corrected chi connectivity index (χ4v) is 2.34. The van der Waals surface area contributed by atoms with Gasteiger partial charge in [0, 0.05) is 18.4 Å². The molecule has 0 bridgehead atoms. The van der Waals surface area contributed by atoms with Gasteiger partial charge in [-0.3, -0.25) is 9.59 Å². The van der Waals surface area contributed by atoms with E-state index in [1.54, 1.807) is 12.1 Å². The molecule has 0 unspecified atom stereocenters. The summed E-state index contributed by atoms with van der Waals surface area (Å²) in [5.74, 6) is -0.221. The highest BCUT2D eigenvalue weighted by Gasteiger charge is 2.07. The molecule has 0 aromatic heterocycles. The SMILES string of the molecule is O=C(CCCCc1ccccc1)OCCC(=O)c1ccccc1. The molecule has 2 aromatic carbocycles. The van der Waals surface area contributed by atoms with E-state index in [1.165, 1.54) is 5.56 Å². The molecule has 0 aliphatic heterocycles. The smallest absolute Gasteiger partial charge is 0.305 e. The Bertz CT molecular complexity index is 605. The van der Waals surface area contributed by atoms with Crippen LogP contribution in [0.25, 0.3) is 0 Å². The first-order valence-electron chi connectivity index (χ1n) is 8.03. The monoisotopic (exact) mass is 310 g/mol. The maximum Gasteiger partial charge on any atom is 0.305 e. The van der Waals surface area contributed by atoms with Gasteiger partial charge in [0.05, 0.1) is 6.61 Å². The maximum atomic E-state index is 11.9.